The van der Waals surface area contributed by atoms with Crippen LogP contribution in [0.1, 0.15) is 17.2 Å². The molecular formula is C14H16F3NO. The zero-order chi connectivity index (χ0) is 13.9. The van der Waals surface area contributed by atoms with Gasteiger partial charge in [-0.1, -0.05) is 18.2 Å². The number of rotatable bonds is 3. The number of hydrogen-bond donors (Lipinski definition) is 0. The third kappa shape index (κ3) is 3.58. The van der Waals surface area contributed by atoms with Gasteiger partial charge in [-0.2, -0.15) is 13.2 Å². The molecule has 19 heavy (non-hydrogen) atoms. The Morgan fingerprint density at radius 1 is 1.42 bits per heavy atom. The topological polar surface area (TPSA) is 12.5 Å². The molecular weight excluding hydrogens is 255 g/mol. The lowest BCUT2D eigenvalue weighted by atomic mass is 10.0. The molecule has 0 unspecified atom stereocenters. The number of ether oxygens (including phenoxy) is 1. The van der Waals surface area contributed by atoms with Gasteiger partial charge in [-0.05, 0) is 17.7 Å². The van der Waals surface area contributed by atoms with Crippen LogP contribution in [0.5, 0.6) is 0 Å². The van der Waals surface area contributed by atoms with E-state index in [0.717, 1.165) is 19.2 Å². The Morgan fingerprint density at radius 3 is 2.89 bits per heavy atom. The van der Waals surface area contributed by atoms with Gasteiger partial charge >= 0.3 is 6.18 Å². The molecule has 104 valence electrons. The van der Waals surface area contributed by atoms with Gasteiger partial charge in [0.2, 0.25) is 0 Å². The fraction of sp³-hybridized carbons (Fsp3) is 0.429. The lowest BCUT2D eigenvalue weighted by Crippen LogP contribution is -2.38. The van der Waals surface area contributed by atoms with Crippen molar-refractivity contribution in [3.8, 4) is 0 Å². The Kier molecular flexibility index (Phi) is 4.27. The zero-order valence-corrected chi connectivity index (χ0v) is 10.5. The van der Waals surface area contributed by atoms with Crippen molar-refractivity contribution in [3.63, 3.8) is 0 Å². The summed E-state index contributed by atoms with van der Waals surface area (Å²) in [6.45, 7) is 6.28. The van der Waals surface area contributed by atoms with Crippen LogP contribution in [-0.4, -0.2) is 31.1 Å². The molecule has 0 spiro atoms. The van der Waals surface area contributed by atoms with E-state index in [1.54, 1.807) is 12.1 Å². The highest BCUT2D eigenvalue weighted by atomic mass is 19.4. The van der Waals surface area contributed by atoms with Crippen molar-refractivity contribution in [2.24, 2.45) is 0 Å². The molecule has 0 radical (unpaired) electrons. The number of nitrogens with zero attached hydrogens (tertiary/aromatic N) is 1. The molecule has 1 atom stereocenters. The molecule has 0 saturated carbocycles. The van der Waals surface area contributed by atoms with Crippen LogP contribution in [0.4, 0.5) is 13.2 Å². The van der Waals surface area contributed by atoms with E-state index in [0.29, 0.717) is 18.7 Å². The SMILES string of the molecule is C=CCN1CCO[C@H](c2cccc(C(F)(F)F)c2)C1. The molecule has 1 heterocycles. The zero-order valence-electron chi connectivity index (χ0n) is 10.5. The predicted octanol–water partition coefficient (Wildman–Crippen LogP) is 3.26. The van der Waals surface area contributed by atoms with E-state index < -0.39 is 11.7 Å². The molecule has 1 saturated heterocycles. The van der Waals surface area contributed by atoms with Crippen LogP contribution in [0.2, 0.25) is 0 Å². The molecule has 1 fully saturated rings. The van der Waals surface area contributed by atoms with E-state index in [1.165, 1.54) is 12.1 Å². The number of hydrogen-bond acceptors (Lipinski definition) is 2. The maximum atomic E-state index is 12.7. The molecule has 0 aliphatic carbocycles. The molecule has 0 bridgehead atoms. The fourth-order valence-electron chi connectivity index (χ4n) is 2.17. The number of halogens is 3. The second kappa shape index (κ2) is 5.75. The van der Waals surface area contributed by atoms with Gasteiger partial charge in [-0.15, -0.1) is 6.58 Å². The second-order valence-corrected chi connectivity index (χ2v) is 4.53. The molecule has 2 rings (SSSR count). The van der Waals surface area contributed by atoms with Crippen molar-refractivity contribution in [1.82, 2.24) is 4.90 Å². The molecule has 0 aromatic heterocycles. The largest absolute Gasteiger partial charge is 0.416 e. The summed E-state index contributed by atoms with van der Waals surface area (Å²) < 4.78 is 43.6. The maximum absolute atomic E-state index is 12.7. The third-order valence-corrected chi connectivity index (χ3v) is 3.12. The first kappa shape index (κ1) is 14.1. The number of alkyl halides is 3. The van der Waals surface area contributed by atoms with Crippen molar-refractivity contribution in [2.75, 3.05) is 26.2 Å². The van der Waals surface area contributed by atoms with Gasteiger partial charge in [0, 0.05) is 19.6 Å². The van der Waals surface area contributed by atoms with Crippen LogP contribution in [0.25, 0.3) is 0 Å². The van der Waals surface area contributed by atoms with E-state index in [-0.39, 0.29) is 6.10 Å². The Morgan fingerprint density at radius 2 is 2.21 bits per heavy atom. The van der Waals surface area contributed by atoms with Crippen LogP contribution in [0.15, 0.2) is 36.9 Å². The first-order valence-corrected chi connectivity index (χ1v) is 6.12. The monoisotopic (exact) mass is 271 g/mol. The molecule has 2 nitrogen and oxygen atoms in total. The van der Waals surface area contributed by atoms with Crippen LogP contribution in [-0.2, 0) is 10.9 Å². The van der Waals surface area contributed by atoms with Crippen molar-refractivity contribution < 1.29 is 17.9 Å². The summed E-state index contributed by atoms with van der Waals surface area (Å²) in [6.07, 6.45) is -2.84. The quantitative estimate of drug-likeness (QED) is 0.782. The van der Waals surface area contributed by atoms with Crippen molar-refractivity contribution in [3.05, 3.63) is 48.0 Å². The number of morpholine rings is 1. The van der Waals surface area contributed by atoms with Crippen LogP contribution < -0.4 is 0 Å². The Hall–Kier alpha value is -1.33. The highest BCUT2D eigenvalue weighted by molar-refractivity contribution is 5.27. The number of benzene rings is 1. The fourth-order valence-corrected chi connectivity index (χ4v) is 2.17. The van der Waals surface area contributed by atoms with Gasteiger partial charge in [0.25, 0.3) is 0 Å². The van der Waals surface area contributed by atoms with Crippen LogP contribution >= 0.6 is 0 Å². The Labute approximate surface area is 110 Å². The predicted molar refractivity (Wildman–Crippen MR) is 66.8 cm³/mol. The minimum absolute atomic E-state index is 0.309. The van der Waals surface area contributed by atoms with Crippen LogP contribution in [0, 0.1) is 0 Å². The van der Waals surface area contributed by atoms with Crippen molar-refractivity contribution >= 4 is 0 Å². The average Bonchev–Trinajstić information content (AvgIpc) is 2.39. The molecule has 5 heteroatoms. The summed E-state index contributed by atoms with van der Waals surface area (Å²) in [5, 5.41) is 0. The molecule has 1 aliphatic rings. The van der Waals surface area contributed by atoms with Gasteiger partial charge in [0.15, 0.2) is 0 Å². The van der Waals surface area contributed by atoms with Gasteiger partial charge in [-0.3, -0.25) is 4.90 Å². The van der Waals surface area contributed by atoms with Crippen LogP contribution in [0.3, 0.4) is 0 Å². The summed E-state index contributed by atoms with van der Waals surface area (Å²) in [6, 6.07) is 5.35. The van der Waals surface area contributed by atoms with E-state index in [4.69, 9.17) is 4.74 Å². The molecule has 1 aromatic rings. The van der Waals surface area contributed by atoms with Gasteiger partial charge in [-0.25, -0.2) is 0 Å². The smallest absolute Gasteiger partial charge is 0.371 e. The van der Waals surface area contributed by atoms with E-state index in [2.05, 4.69) is 11.5 Å². The van der Waals surface area contributed by atoms with E-state index in [9.17, 15) is 13.2 Å². The lowest BCUT2D eigenvalue weighted by molar-refractivity contribution is -0.137. The average molecular weight is 271 g/mol. The lowest BCUT2D eigenvalue weighted by Gasteiger charge is -2.32. The van der Waals surface area contributed by atoms with Gasteiger partial charge < -0.3 is 4.74 Å². The summed E-state index contributed by atoms with van der Waals surface area (Å²) in [7, 11) is 0. The first-order valence-electron chi connectivity index (χ1n) is 6.12. The first-order chi connectivity index (χ1) is 9.00. The van der Waals surface area contributed by atoms with Crippen molar-refractivity contribution in [1.29, 1.82) is 0 Å². The summed E-state index contributed by atoms with van der Waals surface area (Å²) >= 11 is 0. The molecule has 1 aromatic carbocycles. The Bertz CT molecular complexity index is 445. The summed E-state index contributed by atoms with van der Waals surface area (Å²) in [4.78, 5) is 2.11. The minimum atomic E-state index is -4.31. The van der Waals surface area contributed by atoms with Gasteiger partial charge in [0.05, 0.1) is 18.3 Å². The highest BCUT2D eigenvalue weighted by Gasteiger charge is 2.31. The summed E-state index contributed by atoms with van der Waals surface area (Å²) in [5.41, 5.74) is -0.0574. The van der Waals surface area contributed by atoms with Gasteiger partial charge in [0.1, 0.15) is 0 Å². The maximum Gasteiger partial charge on any atom is 0.416 e. The molecule has 0 N–H and O–H groups in total. The molecule has 0 amide bonds. The standard InChI is InChI=1S/C14H16F3NO/c1-2-6-18-7-8-19-13(10-18)11-4-3-5-12(9-11)14(15,16)17/h2-5,9,13H,1,6-8,10H2/t13-/m0/s1. The Balaban J connectivity index is 2.15. The second-order valence-electron chi connectivity index (χ2n) is 4.53. The minimum Gasteiger partial charge on any atom is -0.371 e. The normalized spacial score (nSPS) is 21.3. The summed E-state index contributed by atoms with van der Waals surface area (Å²) in [5.74, 6) is 0. The molecule has 1 aliphatic heterocycles. The highest BCUT2D eigenvalue weighted by Crippen LogP contribution is 2.32. The van der Waals surface area contributed by atoms with E-state index >= 15 is 0 Å². The van der Waals surface area contributed by atoms with E-state index in [1.807, 2.05) is 0 Å². The van der Waals surface area contributed by atoms with Crippen molar-refractivity contribution in [2.45, 2.75) is 12.3 Å². The third-order valence-electron chi connectivity index (χ3n) is 3.12.